The average Bonchev–Trinajstić information content (AvgIpc) is 2.84. The Morgan fingerprint density at radius 3 is 2.21 bits per heavy atom. The summed E-state index contributed by atoms with van der Waals surface area (Å²) in [5, 5.41) is 0. The van der Waals surface area contributed by atoms with Gasteiger partial charge in [0.15, 0.2) is 0 Å². The number of nitrogens with zero attached hydrogens (tertiary/aromatic N) is 4. The minimum absolute atomic E-state index is 0.117. The average molecular weight is 400 g/mol. The van der Waals surface area contributed by atoms with Crippen molar-refractivity contribution in [2.24, 2.45) is 0 Å². The van der Waals surface area contributed by atoms with E-state index < -0.39 is 11.6 Å². The van der Waals surface area contributed by atoms with Gasteiger partial charge in [-0.2, -0.15) is 0 Å². The fourth-order valence-electron chi connectivity index (χ4n) is 4.16. The number of rotatable bonds is 2. The summed E-state index contributed by atoms with van der Waals surface area (Å²) in [7, 11) is 2.05. The Bertz CT molecular complexity index is 891. The highest BCUT2D eigenvalue weighted by atomic mass is 19.1. The molecule has 2 aromatic rings. The summed E-state index contributed by atoms with van der Waals surface area (Å²) in [6.07, 6.45) is 0. The minimum atomic E-state index is -0.570. The molecular formula is C22H26F2N4O. The van der Waals surface area contributed by atoms with E-state index in [1.165, 1.54) is 12.1 Å². The van der Waals surface area contributed by atoms with Crippen LogP contribution in [0.4, 0.5) is 25.8 Å². The quantitative estimate of drug-likeness (QED) is 0.775. The van der Waals surface area contributed by atoms with E-state index >= 15 is 0 Å². The molecule has 29 heavy (non-hydrogen) atoms. The molecule has 0 radical (unpaired) electrons. The summed E-state index contributed by atoms with van der Waals surface area (Å²) in [6.45, 7) is 6.87. The van der Waals surface area contributed by atoms with Gasteiger partial charge in [0.2, 0.25) is 5.91 Å². The van der Waals surface area contributed by atoms with Crippen molar-refractivity contribution in [2.45, 2.75) is 13.5 Å². The van der Waals surface area contributed by atoms with E-state index in [-0.39, 0.29) is 5.91 Å². The zero-order valence-electron chi connectivity index (χ0n) is 16.9. The van der Waals surface area contributed by atoms with E-state index in [0.717, 1.165) is 62.3 Å². The van der Waals surface area contributed by atoms with Crippen LogP contribution in [0.25, 0.3) is 0 Å². The fourth-order valence-corrected chi connectivity index (χ4v) is 4.16. The summed E-state index contributed by atoms with van der Waals surface area (Å²) in [5.41, 5.74) is 3.75. The maximum Gasteiger partial charge on any atom is 0.219 e. The molecule has 0 aromatic heterocycles. The van der Waals surface area contributed by atoms with Crippen LogP contribution in [0.1, 0.15) is 12.5 Å². The van der Waals surface area contributed by atoms with E-state index in [1.807, 2.05) is 15.9 Å². The minimum Gasteiger partial charge on any atom is -0.368 e. The second-order valence-corrected chi connectivity index (χ2v) is 7.82. The molecule has 2 aromatic carbocycles. The molecule has 0 aliphatic carbocycles. The van der Waals surface area contributed by atoms with Gasteiger partial charge in [0, 0.05) is 75.9 Å². The van der Waals surface area contributed by atoms with Crippen LogP contribution in [0, 0.1) is 11.6 Å². The molecule has 5 nitrogen and oxygen atoms in total. The van der Waals surface area contributed by atoms with E-state index in [9.17, 15) is 13.6 Å². The molecule has 2 aliphatic rings. The molecule has 0 spiro atoms. The second-order valence-electron chi connectivity index (χ2n) is 7.82. The summed E-state index contributed by atoms with van der Waals surface area (Å²) in [5.74, 6) is -1.02. The first-order chi connectivity index (χ1) is 13.9. The lowest BCUT2D eigenvalue weighted by molar-refractivity contribution is -0.129. The molecule has 2 aliphatic heterocycles. The second kappa shape index (κ2) is 7.99. The Morgan fingerprint density at radius 2 is 1.55 bits per heavy atom. The molecule has 4 rings (SSSR count). The van der Waals surface area contributed by atoms with Crippen molar-refractivity contribution in [2.75, 3.05) is 56.1 Å². The van der Waals surface area contributed by atoms with Crippen molar-refractivity contribution in [1.29, 1.82) is 0 Å². The zero-order valence-corrected chi connectivity index (χ0v) is 16.9. The Kier molecular flexibility index (Phi) is 5.41. The molecule has 7 heteroatoms. The standard InChI is InChI=1S/C22H26F2N4O/c1-16(29)26-6-8-27(9-7-26)20-3-4-22-17(11-20)15-25(2)5-10-28(22)21-13-18(23)12-19(24)14-21/h3-4,11-14H,5-10,15H2,1-2H3. The highest BCUT2D eigenvalue weighted by Gasteiger charge is 2.23. The number of likely N-dealkylation sites (N-methyl/N-ethyl adjacent to an activating group) is 1. The summed E-state index contributed by atoms with van der Waals surface area (Å²) >= 11 is 0. The fraction of sp³-hybridized carbons (Fsp3) is 0.409. The topological polar surface area (TPSA) is 30.0 Å². The lowest BCUT2D eigenvalue weighted by atomic mass is 10.1. The van der Waals surface area contributed by atoms with Crippen LogP contribution in [-0.4, -0.2) is 62.0 Å². The third kappa shape index (κ3) is 4.19. The molecule has 0 atom stereocenters. The SMILES string of the molecule is CC(=O)N1CCN(c2ccc3c(c2)CN(C)CCN3c2cc(F)cc(F)c2)CC1. The molecule has 1 fully saturated rings. The first kappa shape index (κ1) is 19.6. The number of benzene rings is 2. The lowest BCUT2D eigenvalue weighted by Gasteiger charge is -2.36. The van der Waals surface area contributed by atoms with Crippen LogP contribution in [-0.2, 0) is 11.3 Å². The monoisotopic (exact) mass is 400 g/mol. The molecule has 154 valence electrons. The summed E-state index contributed by atoms with van der Waals surface area (Å²) in [4.78, 5) is 19.9. The smallest absolute Gasteiger partial charge is 0.219 e. The molecular weight excluding hydrogens is 374 g/mol. The summed E-state index contributed by atoms with van der Waals surface area (Å²) < 4.78 is 27.6. The zero-order chi connectivity index (χ0) is 20.5. The molecule has 2 heterocycles. The van der Waals surface area contributed by atoms with Crippen molar-refractivity contribution in [1.82, 2.24) is 9.80 Å². The number of hydrogen-bond acceptors (Lipinski definition) is 4. The highest BCUT2D eigenvalue weighted by molar-refractivity contribution is 5.74. The molecule has 0 unspecified atom stereocenters. The van der Waals surface area contributed by atoms with Gasteiger partial charge in [-0.15, -0.1) is 0 Å². The van der Waals surface area contributed by atoms with E-state index in [0.29, 0.717) is 12.2 Å². The molecule has 0 saturated carbocycles. The predicted octanol–water partition coefficient (Wildman–Crippen LogP) is 3.22. The maximum atomic E-state index is 13.8. The molecule has 1 saturated heterocycles. The Hall–Kier alpha value is -2.67. The van der Waals surface area contributed by atoms with Crippen molar-refractivity contribution in [3.63, 3.8) is 0 Å². The number of amides is 1. The summed E-state index contributed by atoms with van der Waals surface area (Å²) in [6, 6.07) is 9.95. The Labute approximate surface area is 170 Å². The van der Waals surface area contributed by atoms with Crippen LogP contribution >= 0.6 is 0 Å². The van der Waals surface area contributed by atoms with Crippen molar-refractivity contribution >= 4 is 23.0 Å². The van der Waals surface area contributed by atoms with E-state index in [2.05, 4.69) is 29.0 Å². The van der Waals surface area contributed by atoms with Crippen molar-refractivity contribution < 1.29 is 13.6 Å². The van der Waals surface area contributed by atoms with E-state index in [4.69, 9.17) is 0 Å². The van der Waals surface area contributed by atoms with Gasteiger partial charge >= 0.3 is 0 Å². The third-order valence-corrected chi connectivity index (χ3v) is 5.75. The first-order valence-electron chi connectivity index (χ1n) is 9.96. The van der Waals surface area contributed by atoms with Gasteiger partial charge in [0.1, 0.15) is 11.6 Å². The number of carbonyl (C=O) groups excluding carboxylic acids is 1. The van der Waals surface area contributed by atoms with Crippen molar-refractivity contribution in [3.8, 4) is 0 Å². The number of piperazine rings is 1. The van der Waals surface area contributed by atoms with Gasteiger partial charge in [-0.3, -0.25) is 4.79 Å². The van der Waals surface area contributed by atoms with Gasteiger partial charge in [0.05, 0.1) is 0 Å². The van der Waals surface area contributed by atoms with Gasteiger partial charge in [0.25, 0.3) is 0 Å². The number of halogens is 2. The van der Waals surface area contributed by atoms with Crippen LogP contribution in [0.2, 0.25) is 0 Å². The van der Waals surface area contributed by atoms with Crippen LogP contribution < -0.4 is 9.80 Å². The first-order valence-corrected chi connectivity index (χ1v) is 9.96. The third-order valence-electron chi connectivity index (χ3n) is 5.75. The van der Waals surface area contributed by atoms with Crippen LogP contribution in [0.15, 0.2) is 36.4 Å². The Balaban J connectivity index is 1.64. The predicted molar refractivity (Wildman–Crippen MR) is 111 cm³/mol. The van der Waals surface area contributed by atoms with Gasteiger partial charge in [-0.05, 0) is 42.9 Å². The number of carbonyl (C=O) groups is 1. The lowest BCUT2D eigenvalue weighted by Crippen LogP contribution is -2.48. The van der Waals surface area contributed by atoms with Gasteiger partial charge in [-0.1, -0.05) is 0 Å². The van der Waals surface area contributed by atoms with Crippen LogP contribution in [0.5, 0.6) is 0 Å². The molecule has 1 amide bonds. The molecule has 0 bridgehead atoms. The number of hydrogen-bond donors (Lipinski definition) is 0. The van der Waals surface area contributed by atoms with E-state index in [1.54, 1.807) is 6.92 Å². The Morgan fingerprint density at radius 1 is 0.862 bits per heavy atom. The van der Waals surface area contributed by atoms with Gasteiger partial charge in [-0.25, -0.2) is 8.78 Å². The number of anilines is 3. The molecule has 0 N–H and O–H groups in total. The highest BCUT2D eigenvalue weighted by Crippen LogP contribution is 2.35. The maximum absolute atomic E-state index is 13.8. The number of fused-ring (bicyclic) bond motifs is 1. The largest absolute Gasteiger partial charge is 0.368 e. The van der Waals surface area contributed by atoms with Crippen LogP contribution in [0.3, 0.4) is 0 Å². The normalized spacial score (nSPS) is 17.9. The van der Waals surface area contributed by atoms with Gasteiger partial charge < -0.3 is 19.6 Å². The van der Waals surface area contributed by atoms with Crippen molar-refractivity contribution in [3.05, 3.63) is 53.6 Å².